The van der Waals surface area contributed by atoms with Gasteiger partial charge >= 0.3 is 0 Å². The summed E-state index contributed by atoms with van der Waals surface area (Å²) in [6.45, 7) is 0. The molecule has 0 fully saturated rings. The molecule has 0 saturated heterocycles. The van der Waals surface area contributed by atoms with E-state index in [-0.39, 0.29) is 11.4 Å². The van der Waals surface area contributed by atoms with Crippen molar-refractivity contribution in [1.82, 2.24) is 9.55 Å². The lowest BCUT2D eigenvalue weighted by molar-refractivity contribution is 1.01. The standard InChI is InChI=1S/C14H10N4O2/c15-11-10-7-4-8-16-13(10)18(14(19)12(11)17-20)9-5-2-1-3-6-9/h1-8H,15H2. The summed E-state index contributed by atoms with van der Waals surface area (Å²) in [6.07, 6.45) is 1.56. The number of rotatable bonds is 2. The number of aromatic nitrogens is 2. The summed E-state index contributed by atoms with van der Waals surface area (Å²) in [6, 6.07) is 12.3. The average Bonchev–Trinajstić information content (AvgIpc) is 2.49. The summed E-state index contributed by atoms with van der Waals surface area (Å²) in [5.41, 5.74) is 6.01. The number of hydrogen-bond donors (Lipinski definition) is 1. The third-order valence-electron chi connectivity index (χ3n) is 3.06. The summed E-state index contributed by atoms with van der Waals surface area (Å²) >= 11 is 0. The van der Waals surface area contributed by atoms with Gasteiger partial charge in [-0.15, -0.1) is 4.91 Å². The molecule has 0 amide bonds. The Morgan fingerprint density at radius 2 is 1.85 bits per heavy atom. The average molecular weight is 266 g/mol. The first-order valence-electron chi connectivity index (χ1n) is 5.92. The van der Waals surface area contributed by atoms with E-state index < -0.39 is 5.56 Å². The molecule has 0 aliphatic carbocycles. The second-order valence-electron chi connectivity index (χ2n) is 4.20. The van der Waals surface area contributed by atoms with Crippen LogP contribution in [0, 0.1) is 4.91 Å². The second kappa shape index (κ2) is 4.58. The van der Waals surface area contributed by atoms with E-state index in [4.69, 9.17) is 5.73 Å². The molecule has 1 aromatic carbocycles. The number of benzene rings is 1. The highest BCUT2D eigenvalue weighted by Gasteiger charge is 2.16. The SMILES string of the molecule is Nc1c(N=O)c(=O)n(-c2ccccc2)c2ncccc12. The van der Waals surface area contributed by atoms with Gasteiger partial charge in [0.25, 0.3) is 5.56 Å². The third kappa shape index (κ3) is 1.66. The molecule has 0 bridgehead atoms. The molecule has 6 heteroatoms. The van der Waals surface area contributed by atoms with Crippen molar-refractivity contribution in [3.05, 3.63) is 63.9 Å². The molecular formula is C14H10N4O2. The summed E-state index contributed by atoms with van der Waals surface area (Å²) in [4.78, 5) is 27.5. The summed E-state index contributed by atoms with van der Waals surface area (Å²) < 4.78 is 1.34. The number of hydrogen-bond acceptors (Lipinski definition) is 5. The van der Waals surface area contributed by atoms with Crippen molar-refractivity contribution in [3.8, 4) is 5.69 Å². The number of para-hydroxylation sites is 1. The maximum absolute atomic E-state index is 12.4. The van der Waals surface area contributed by atoms with Crippen LogP contribution in [0.4, 0.5) is 11.4 Å². The van der Waals surface area contributed by atoms with Crippen LogP contribution in [0.5, 0.6) is 0 Å². The van der Waals surface area contributed by atoms with E-state index in [0.29, 0.717) is 16.7 Å². The van der Waals surface area contributed by atoms with Crippen LogP contribution in [0.2, 0.25) is 0 Å². The van der Waals surface area contributed by atoms with Crippen LogP contribution in [0.25, 0.3) is 16.7 Å². The van der Waals surface area contributed by atoms with Crippen molar-refractivity contribution in [3.63, 3.8) is 0 Å². The summed E-state index contributed by atoms with van der Waals surface area (Å²) in [5, 5.41) is 3.29. The van der Waals surface area contributed by atoms with Crippen LogP contribution in [0.1, 0.15) is 0 Å². The van der Waals surface area contributed by atoms with Gasteiger partial charge in [-0.25, -0.2) is 4.98 Å². The van der Waals surface area contributed by atoms with E-state index in [2.05, 4.69) is 10.2 Å². The fourth-order valence-electron chi connectivity index (χ4n) is 2.14. The van der Waals surface area contributed by atoms with Gasteiger partial charge in [0.15, 0.2) is 5.69 Å². The zero-order valence-electron chi connectivity index (χ0n) is 10.4. The minimum absolute atomic E-state index is 0.0558. The van der Waals surface area contributed by atoms with Gasteiger partial charge in [-0.1, -0.05) is 18.2 Å². The predicted molar refractivity (Wildman–Crippen MR) is 77.2 cm³/mol. The molecule has 20 heavy (non-hydrogen) atoms. The minimum Gasteiger partial charge on any atom is -0.396 e. The van der Waals surface area contributed by atoms with Crippen molar-refractivity contribution in [2.75, 3.05) is 5.73 Å². The van der Waals surface area contributed by atoms with Gasteiger partial charge in [-0.2, -0.15) is 0 Å². The van der Waals surface area contributed by atoms with Crippen LogP contribution in [-0.4, -0.2) is 9.55 Å². The second-order valence-corrected chi connectivity index (χ2v) is 4.20. The molecule has 6 nitrogen and oxygen atoms in total. The molecule has 0 saturated carbocycles. The molecule has 2 aromatic heterocycles. The third-order valence-corrected chi connectivity index (χ3v) is 3.06. The molecular weight excluding hydrogens is 256 g/mol. The molecule has 3 aromatic rings. The highest BCUT2D eigenvalue weighted by molar-refractivity contribution is 5.94. The maximum atomic E-state index is 12.4. The van der Waals surface area contributed by atoms with Gasteiger partial charge in [0, 0.05) is 11.6 Å². The number of fused-ring (bicyclic) bond motifs is 1. The van der Waals surface area contributed by atoms with Gasteiger partial charge in [0.05, 0.1) is 11.4 Å². The Kier molecular flexibility index (Phi) is 2.76. The lowest BCUT2D eigenvalue weighted by atomic mass is 10.2. The van der Waals surface area contributed by atoms with E-state index in [0.717, 1.165) is 0 Å². The molecule has 2 N–H and O–H groups in total. The van der Waals surface area contributed by atoms with Gasteiger partial charge in [-0.3, -0.25) is 9.36 Å². The van der Waals surface area contributed by atoms with E-state index in [1.54, 1.807) is 42.6 Å². The number of nitrogen functional groups attached to an aromatic ring is 1. The van der Waals surface area contributed by atoms with Crippen LogP contribution < -0.4 is 11.3 Å². The highest BCUT2D eigenvalue weighted by atomic mass is 16.3. The fraction of sp³-hybridized carbons (Fsp3) is 0. The van der Waals surface area contributed by atoms with Gasteiger partial charge in [0.2, 0.25) is 0 Å². The van der Waals surface area contributed by atoms with Crippen molar-refractivity contribution in [1.29, 1.82) is 0 Å². The Labute approximate surface area is 113 Å². The summed E-state index contributed by atoms with van der Waals surface area (Å²) in [7, 11) is 0. The smallest absolute Gasteiger partial charge is 0.288 e. The number of anilines is 1. The Hall–Kier alpha value is -3.02. The lowest BCUT2D eigenvalue weighted by Gasteiger charge is -2.11. The first-order valence-corrected chi connectivity index (χ1v) is 5.92. The van der Waals surface area contributed by atoms with Crippen molar-refractivity contribution in [2.45, 2.75) is 0 Å². The molecule has 2 heterocycles. The predicted octanol–water partition coefficient (Wildman–Crippen LogP) is 2.37. The molecule has 0 atom stereocenters. The molecule has 0 spiro atoms. The number of pyridine rings is 2. The quantitative estimate of drug-likeness (QED) is 0.721. The molecule has 3 rings (SSSR count). The molecule has 0 aliphatic heterocycles. The van der Waals surface area contributed by atoms with Crippen LogP contribution in [0.3, 0.4) is 0 Å². The Bertz CT molecular complexity index is 856. The van der Waals surface area contributed by atoms with Gasteiger partial charge < -0.3 is 5.73 Å². The van der Waals surface area contributed by atoms with Crippen molar-refractivity contribution in [2.24, 2.45) is 5.18 Å². The zero-order chi connectivity index (χ0) is 14.1. The molecule has 0 aliphatic rings. The fourth-order valence-corrected chi connectivity index (χ4v) is 2.14. The van der Waals surface area contributed by atoms with Crippen molar-refractivity contribution < 1.29 is 0 Å². The van der Waals surface area contributed by atoms with E-state index in [9.17, 15) is 9.70 Å². The van der Waals surface area contributed by atoms with E-state index in [1.807, 2.05) is 6.07 Å². The zero-order valence-corrected chi connectivity index (χ0v) is 10.4. The normalized spacial score (nSPS) is 10.6. The van der Waals surface area contributed by atoms with Crippen LogP contribution >= 0.6 is 0 Å². The van der Waals surface area contributed by atoms with Gasteiger partial charge in [0.1, 0.15) is 5.65 Å². The first-order chi connectivity index (χ1) is 9.74. The first kappa shape index (κ1) is 12.0. The Balaban J connectivity index is 2.54. The molecule has 0 unspecified atom stereocenters. The molecule has 98 valence electrons. The molecule has 0 radical (unpaired) electrons. The van der Waals surface area contributed by atoms with E-state index >= 15 is 0 Å². The van der Waals surface area contributed by atoms with Crippen LogP contribution in [0.15, 0.2) is 58.6 Å². The van der Waals surface area contributed by atoms with Crippen molar-refractivity contribution >= 4 is 22.4 Å². The largest absolute Gasteiger partial charge is 0.396 e. The van der Waals surface area contributed by atoms with E-state index in [1.165, 1.54) is 4.57 Å². The number of nitrogens with two attached hydrogens (primary N) is 1. The minimum atomic E-state index is -0.574. The monoisotopic (exact) mass is 266 g/mol. The maximum Gasteiger partial charge on any atom is 0.288 e. The van der Waals surface area contributed by atoms with Gasteiger partial charge in [-0.05, 0) is 29.4 Å². The number of nitroso groups, excluding NO2 is 1. The topological polar surface area (TPSA) is 90.3 Å². The number of nitrogens with zero attached hydrogens (tertiary/aromatic N) is 3. The highest BCUT2D eigenvalue weighted by Crippen LogP contribution is 2.27. The Morgan fingerprint density at radius 3 is 2.55 bits per heavy atom. The Morgan fingerprint density at radius 1 is 1.10 bits per heavy atom. The summed E-state index contributed by atoms with van der Waals surface area (Å²) in [5.74, 6) is 0. The van der Waals surface area contributed by atoms with Crippen LogP contribution in [-0.2, 0) is 0 Å². The lowest BCUT2D eigenvalue weighted by Crippen LogP contribution is -2.20.